The van der Waals surface area contributed by atoms with Gasteiger partial charge in [0.2, 0.25) is 0 Å². The molecule has 2 bridgehead atoms. The number of rotatable bonds is 2. The minimum Gasteiger partial charge on any atom is -0.840 e. The molecule has 3 atom stereocenters. The molecular formula is C11H11O6-. The van der Waals surface area contributed by atoms with Crippen LogP contribution in [0.3, 0.4) is 0 Å². The summed E-state index contributed by atoms with van der Waals surface area (Å²) in [5, 5.41) is 21.1. The van der Waals surface area contributed by atoms with E-state index >= 15 is 0 Å². The molecule has 17 heavy (non-hydrogen) atoms. The topological polar surface area (TPSA) is 104 Å². The molecule has 1 N–H and O–H groups in total. The second-order valence-electron chi connectivity index (χ2n) is 4.64. The molecule has 1 aliphatic carbocycles. The molecule has 0 spiro atoms. The number of aliphatic carboxylic acids is 1. The Morgan fingerprint density at radius 3 is 2.59 bits per heavy atom. The van der Waals surface area contributed by atoms with Crippen LogP contribution in [-0.4, -0.2) is 34.0 Å². The summed E-state index contributed by atoms with van der Waals surface area (Å²) in [6.45, 7) is 2.68. The van der Waals surface area contributed by atoms with E-state index in [4.69, 9.17) is 9.84 Å². The van der Waals surface area contributed by atoms with Crippen molar-refractivity contribution in [3.8, 4) is 0 Å². The molecule has 1 saturated heterocycles. The predicted octanol–water partition coefficient (Wildman–Crippen LogP) is -0.979. The van der Waals surface area contributed by atoms with E-state index in [0.29, 0.717) is 0 Å². The third kappa shape index (κ3) is 1.40. The highest BCUT2D eigenvalue weighted by atomic mass is 16.6. The van der Waals surface area contributed by atoms with Crippen molar-refractivity contribution >= 4 is 17.7 Å². The Hall–Kier alpha value is -1.69. The molecule has 0 radical (unpaired) electrons. The Labute approximate surface area is 96.9 Å². The van der Waals surface area contributed by atoms with Gasteiger partial charge in [-0.25, -0.2) is 0 Å². The van der Waals surface area contributed by atoms with Crippen LogP contribution in [0.1, 0.15) is 20.3 Å². The van der Waals surface area contributed by atoms with E-state index in [1.165, 1.54) is 13.8 Å². The van der Waals surface area contributed by atoms with E-state index in [1.54, 1.807) is 0 Å². The van der Waals surface area contributed by atoms with E-state index in [2.05, 4.69) is 0 Å². The molecule has 3 aliphatic rings. The Morgan fingerprint density at radius 1 is 1.59 bits per heavy atom. The maximum Gasteiger partial charge on any atom is 0.313 e. The second-order valence-corrected chi connectivity index (χ2v) is 4.64. The third-order valence-electron chi connectivity index (χ3n) is 3.33. The van der Waals surface area contributed by atoms with Crippen LogP contribution in [0, 0.1) is 5.92 Å². The molecule has 0 aromatic carbocycles. The standard InChI is InChI=1S/C11H11O6/c1-5(12)6-3-7-8(13)17-10(6,2)4-11(7,16)9(14)15/h3,7H,4H2,1-2H3,(H,14,15)/q-1/t7-,10+,11-/m0/s1. The smallest absolute Gasteiger partial charge is 0.313 e. The van der Waals surface area contributed by atoms with Gasteiger partial charge in [0, 0.05) is 11.2 Å². The Kier molecular flexibility index (Phi) is 2.19. The Bertz CT molecular complexity index is 465. The molecule has 0 saturated carbocycles. The zero-order valence-corrected chi connectivity index (χ0v) is 9.35. The van der Waals surface area contributed by atoms with Crippen LogP contribution in [0.4, 0.5) is 0 Å². The largest absolute Gasteiger partial charge is 0.840 e. The summed E-state index contributed by atoms with van der Waals surface area (Å²) in [5.74, 6) is -4.22. The highest BCUT2D eigenvalue weighted by Gasteiger charge is 2.57. The van der Waals surface area contributed by atoms with Crippen molar-refractivity contribution in [2.45, 2.75) is 31.5 Å². The maximum atomic E-state index is 12.1. The van der Waals surface area contributed by atoms with Crippen molar-refractivity contribution in [3.05, 3.63) is 11.6 Å². The van der Waals surface area contributed by atoms with Crippen molar-refractivity contribution < 1.29 is 29.3 Å². The van der Waals surface area contributed by atoms with Crippen LogP contribution in [0.15, 0.2) is 11.6 Å². The first-order chi connectivity index (χ1) is 7.70. The minimum absolute atomic E-state index is 0.204. The summed E-state index contributed by atoms with van der Waals surface area (Å²) in [6.07, 6.45) is 0.732. The van der Waals surface area contributed by atoms with Gasteiger partial charge in [-0.05, 0) is 20.3 Å². The molecule has 2 aliphatic heterocycles. The van der Waals surface area contributed by atoms with Crippen molar-refractivity contribution in [2.75, 3.05) is 0 Å². The number of ketones is 1. The van der Waals surface area contributed by atoms with E-state index in [9.17, 15) is 19.5 Å². The van der Waals surface area contributed by atoms with E-state index < -0.39 is 35.5 Å². The summed E-state index contributed by atoms with van der Waals surface area (Å²) < 4.78 is 5.00. The van der Waals surface area contributed by atoms with Crippen molar-refractivity contribution in [1.82, 2.24) is 0 Å². The molecule has 2 heterocycles. The molecule has 92 valence electrons. The second kappa shape index (κ2) is 3.16. The predicted molar refractivity (Wildman–Crippen MR) is 51.7 cm³/mol. The van der Waals surface area contributed by atoms with Crippen LogP contribution in [0.2, 0.25) is 0 Å². The molecule has 0 aromatic heterocycles. The van der Waals surface area contributed by atoms with Gasteiger partial charge in [-0.3, -0.25) is 14.4 Å². The number of fused-ring (bicyclic) bond motifs is 2. The van der Waals surface area contributed by atoms with Crippen LogP contribution in [0.5, 0.6) is 0 Å². The summed E-state index contributed by atoms with van der Waals surface area (Å²) >= 11 is 0. The molecule has 6 heteroatoms. The summed E-state index contributed by atoms with van der Waals surface area (Å²) in [4.78, 5) is 33.9. The summed E-state index contributed by atoms with van der Waals surface area (Å²) in [7, 11) is 0. The van der Waals surface area contributed by atoms with Gasteiger partial charge in [-0.1, -0.05) is 6.08 Å². The Balaban J connectivity index is 2.58. The Morgan fingerprint density at radius 2 is 2.18 bits per heavy atom. The molecular weight excluding hydrogens is 228 g/mol. The highest BCUT2D eigenvalue weighted by Crippen LogP contribution is 2.46. The van der Waals surface area contributed by atoms with Crippen LogP contribution >= 0.6 is 0 Å². The van der Waals surface area contributed by atoms with Crippen LogP contribution < -0.4 is 5.11 Å². The lowest BCUT2D eigenvalue weighted by Gasteiger charge is -2.55. The average molecular weight is 239 g/mol. The minimum atomic E-state index is -2.44. The number of carboxylic acids is 1. The van der Waals surface area contributed by atoms with Crippen LogP contribution in [-0.2, 0) is 19.1 Å². The fourth-order valence-electron chi connectivity index (χ4n) is 2.52. The number of ether oxygens (including phenoxy) is 1. The number of hydrogen-bond acceptors (Lipinski definition) is 5. The number of carboxylic acid groups (broad SMARTS) is 1. The zero-order valence-electron chi connectivity index (χ0n) is 9.35. The zero-order chi connectivity index (χ0) is 13.0. The number of carbonyl (C=O) groups excluding carboxylic acids is 2. The normalized spacial score (nSPS) is 39.6. The number of hydrogen-bond donors (Lipinski definition) is 1. The summed E-state index contributed by atoms with van der Waals surface area (Å²) in [5.41, 5.74) is -3.66. The maximum absolute atomic E-state index is 12.1. The first-order valence-corrected chi connectivity index (χ1v) is 5.10. The van der Waals surface area contributed by atoms with Gasteiger partial charge >= 0.3 is 5.97 Å². The van der Waals surface area contributed by atoms with E-state index in [0.717, 1.165) is 6.08 Å². The van der Waals surface area contributed by atoms with E-state index in [1.807, 2.05) is 0 Å². The van der Waals surface area contributed by atoms with Crippen LogP contribution in [0.25, 0.3) is 0 Å². The highest BCUT2D eigenvalue weighted by molar-refractivity contribution is 6.01. The molecule has 3 rings (SSSR count). The lowest BCUT2D eigenvalue weighted by Crippen LogP contribution is -2.69. The molecule has 0 unspecified atom stereocenters. The first-order valence-electron chi connectivity index (χ1n) is 5.10. The summed E-state index contributed by atoms with van der Waals surface area (Å²) in [6, 6.07) is 0. The molecule has 6 nitrogen and oxygen atoms in total. The first kappa shape index (κ1) is 11.8. The van der Waals surface area contributed by atoms with Gasteiger partial charge in [-0.2, -0.15) is 0 Å². The van der Waals surface area contributed by atoms with Gasteiger partial charge in [0.1, 0.15) is 5.60 Å². The fraction of sp³-hybridized carbons (Fsp3) is 0.545. The number of Topliss-reactive ketones (excluding diaryl/α,β-unsaturated/α-hetero) is 1. The van der Waals surface area contributed by atoms with Gasteiger partial charge < -0.3 is 14.9 Å². The van der Waals surface area contributed by atoms with Crippen molar-refractivity contribution in [1.29, 1.82) is 0 Å². The monoisotopic (exact) mass is 239 g/mol. The van der Waals surface area contributed by atoms with Gasteiger partial charge in [0.15, 0.2) is 5.78 Å². The van der Waals surface area contributed by atoms with Crippen molar-refractivity contribution in [2.24, 2.45) is 5.92 Å². The third-order valence-corrected chi connectivity index (χ3v) is 3.33. The lowest BCUT2D eigenvalue weighted by molar-refractivity contribution is -0.482. The van der Waals surface area contributed by atoms with Crippen molar-refractivity contribution in [3.63, 3.8) is 0 Å². The molecule has 0 aromatic rings. The fourth-order valence-corrected chi connectivity index (χ4v) is 2.52. The number of carbonyl (C=O) groups is 3. The number of esters is 1. The van der Waals surface area contributed by atoms with Gasteiger partial charge in [0.05, 0.1) is 5.92 Å². The average Bonchev–Trinajstić information content (AvgIpc) is 2.14. The molecule has 0 amide bonds. The van der Waals surface area contributed by atoms with E-state index in [-0.39, 0.29) is 11.4 Å². The van der Waals surface area contributed by atoms with Gasteiger partial charge in [0.25, 0.3) is 5.97 Å². The van der Waals surface area contributed by atoms with Gasteiger partial charge in [-0.15, -0.1) is 0 Å². The lowest BCUT2D eigenvalue weighted by atomic mass is 9.66. The quantitative estimate of drug-likeness (QED) is 0.621. The molecule has 1 fully saturated rings. The SMILES string of the molecule is CC(=O)C1=C[C@H]2C(=O)O[C@]1(C)C[C@@]2([O-])C(=O)O.